The fraction of sp³-hybridized carbons (Fsp3) is 0.339. The van der Waals surface area contributed by atoms with Crippen LogP contribution in [0.5, 0.6) is 0 Å². The molecule has 0 bridgehead atoms. The molecule has 3 aromatic rings. The van der Waals surface area contributed by atoms with Gasteiger partial charge < -0.3 is 5.73 Å². The number of aliphatic imine (C=N–C) groups is 1. The number of fused-ring (bicyclic) bond motifs is 9. The molecule has 1 heterocycles. The van der Waals surface area contributed by atoms with Crippen molar-refractivity contribution in [2.45, 2.75) is 77.2 Å². The van der Waals surface area contributed by atoms with Crippen molar-refractivity contribution in [3.8, 4) is 0 Å². The number of benzene rings is 3. The van der Waals surface area contributed by atoms with Crippen LogP contribution in [0.1, 0.15) is 87.1 Å². The first kappa shape index (κ1) is 35.9. The summed E-state index contributed by atoms with van der Waals surface area (Å²) in [5, 5.41) is 2.79. The third-order valence-electron chi connectivity index (χ3n) is 15.7. The maximum Gasteiger partial charge on any atom is 0.0639 e. The zero-order chi connectivity index (χ0) is 39.1. The molecule has 290 valence electrons. The molecule has 58 heavy (non-hydrogen) atoms. The van der Waals surface area contributed by atoms with Gasteiger partial charge in [0.25, 0.3) is 0 Å². The van der Waals surface area contributed by atoms with E-state index in [-0.39, 0.29) is 17.4 Å². The van der Waals surface area contributed by atoms with Crippen LogP contribution in [-0.4, -0.2) is 12.3 Å². The lowest BCUT2D eigenvalue weighted by atomic mass is 9.58. The van der Waals surface area contributed by atoms with E-state index in [4.69, 9.17) is 10.7 Å². The lowest BCUT2D eigenvalue weighted by Gasteiger charge is -2.44. The first-order chi connectivity index (χ1) is 28.4. The quantitative estimate of drug-likeness (QED) is 0.259. The molecule has 1 aliphatic heterocycles. The van der Waals surface area contributed by atoms with Gasteiger partial charge in [0.15, 0.2) is 0 Å². The van der Waals surface area contributed by atoms with Gasteiger partial charge in [-0.1, -0.05) is 141 Å². The van der Waals surface area contributed by atoms with E-state index in [1.807, 2.05) is 6.21 Å². The molecule has 0 aromatic heterocycles. The average Bonchev–Trinajstić information content (AvgIpc) is 3.69. The summed E-state index contributed by atoms with van der Waals surface area (Å²) in [7, 11) is 0. The van der Waals surface area contributed by atoms with Crippen molar-refractivity contribution in [3.05, 3.63) is 181 Å². The van der Waals surface area contributed by atoms with Crippen molar-refractivity contribution in [1.29, 1.82) is 0 Å². The number of allylic oxidation sites excluding steroid dienone is 12. The zero-order valence-electron chi connectivity index (χ0n) is 34.4. The van der Waals surface area contributed by atoms with Gasteiger partial charge in [0.2, 0.25) is 0 Å². The number of hydrogen-bond donors (Lipinski definition) is 1. The Balaban J connectivity index is 0.883. The molecule has 0 amide bonds. The third kappa shape index (κ3) is 5.46. The van der Waals surface area contributed by atoms with E-state index in [9.17, 15) is 0 Å². The molecular weight excluding hydrogens is 701 g/mol. The number of rotatable bonds is 5. The van der Waals surface area contributed by atoms with Gasteiger partial charge in [-0.2, -0.15) is 0 Å². The van der Waals surface area contributed by atoms with Gasteiger partial charge in [-0.15, -0.1) is 0 Å². The first-order valence-corrected chi connectivity index (χ1v) is 22.3. The fourth-order valence-corrected chi connectivity index (χ4v) is 13.0. The van der Waals surface area contributed by atoms with E-state index in [1.54, 1.807) is 16.7 Å². The molecule has 2 heteroatoms. The number of dihydropyridines is 1. The van der Waals surface area contributed by atoms with E-state index in [1.165, 1.54) is 61.4 Å². The van der Waals surface area contributed by atoms with Crippen LogP contribution in [0.3, 0.4) is 0 Å². The topological polar surface area (TPSA) is 38.4 Å². The second kappa shape index (κ2) is 14.0. The Morgan fingerprint density at radius 2 is 1.71 bits per heavy atom. The highest BCUT2D eigenvalue weighted by atomic mass is 14.9. The van der Waals surface area contributed by atoms with Gasteiger partial charge in [0.1, 0.15) is 0 Å². The minimum Gasteiger partial charge on any atom is -0.398 e. The van der Waals surface area contributed by atoms with Crippen LogP contribution in [0.4, 0.5) is 0 Å². The van der Waals surface area contributed by atoms with Crippen molar-refractivity contribution in [3.63, 3.8) is 0 Å². The highest BCUT2D eigenvalue weighted by molar-refractivity contribution is 5.85. The number of hydrogen-bond acceptors (Lipinski definition) is 2. The normalized spacial score (nSPS) is 32.7. The van der Waals surface area contributed by atoms with E-state index >= 15 is 0 Å². The monoisotopic (exact) mass is 756 g/mol. The second-order valence-corrected chi connectivity index (χ2v) is 18.7. The molecule has 1 spiro atoms. The minimum absolute atomic E-state index is 0.187. The van der Waals surface area contributed by atoms with E-state index in [0.29, 0.717) is 35.5 Å². The Morgan fingerprint density at radius 1 is 0.897 bits per heavy atom. The van der Waals surface area contributed by atoms with Crippen LogP contribution < -0.4 is 16.2 Å². The number of nitrogens with two attached hydrogens (primary N) is 1. The molecule has 2 N–H and O–H groups in total. The average molecular weight is 757 g/mol. The molecule has 2 nitrogen and oxygen atoms in total. The Bertz CT molecular complexity index is 2650. The van der Waals surface area contributed by atoms with Crippen LogP contribution >= 0.6 is 0 Å². The van der Waals surface area contributed by atoms with Gasteiger partial charge in [-0.25, -0.2) is 0 Å². The fourth-order valence-electron chi connectivity index (χ4n) is 13.0. The van der Waals surface area contributed by atoms with Gasteiger partial charge in [0.05, 0.1) is 6.04 Å². The predicted molar refractivity (Wildman–Crippen MR) is 244 cm³/mol. The molecule has 9 unspecified atom stereocenters. The summed E-state index contributed by atoms with van der Waals surface area (Å²) in [5.74, 6) is 3.10. The van der Waals surface area contributed by atoms with Gasteiger partial charge in [-0.3, -0.25) is 4.99 Å². The Morgan fingerprint density at radius 3 is 2.60 bits per heavy atom. The standard InChI is InChI=1S/C56H56N2/c1-34-12-8-20-49-53(34)56(51-22-11-27-58-55(49)51)50-21-7-6-16-48(50)54(57)52(56)29-36(3)37-23-24-41-31-43(26-25-40(41)30-37)46-18-10-17-45-42(15-9-19-47(45)46)33-44-32-39-14-5-4-13-38(39)28-35(44)2/h4-8,11,13-16,18,20-29,31-32,34-35,37,44,49,51,53,55H,9-10,12,17,19,30,33,57H2,1-3H3/b36-29+. The molecule has 11 rings (SSSR count). The SMILES string of the molecule is C/C(=C\C1=C(N)c2ccccc2C12C1C=CC=NC1C1C=CCC(C)C12)C1C=Cc2cc(C3=CCCC4=C3CCC=C4CC3C=c4ccccc4=CC3C)ccc2C1. The van der Waals surface area contributed by atoms with E-state index in [0.717, 1.165) is 44.2 Å². The van der Waals surface area contributed by atoms with Gasteiger partial charge in [-0.05, 0) is 148 Å². The maximum atomic E-state index is 7.32. The lowest BCUT2D eigenvalue weighted by molar-refractivity contribution is 0.214. The highest BCUT2D eigenvalue weighted by Gasteiger charge is 2.65. The predicted octanol–water partition coefficient (Wildman–Crippen LogP) is 11.0. The second-order valence-electron chi connectivity index (χ2n) is 18.7. The lowest BCUT2D eigenvalue weighted by Crippen LogP contribution is -2.42. The smallest absolute Gasteiger partial charge is 0.0639 e. The van der Waals surface area contributed by atoms with Crippen LogP contribution in [-0.2, 0) is 11.8 Å². The number of nitrogens with zero attached hydrogens (tertiary/aromatic N) is 1. The Hall–Kier alpha value is -5.21. The third-order valence-corrected chi connectivity index (χ3v) is 15.7. The van der Waals surface area contributed by atoms with Crippen molar-refractivity contribution in [1.82, 2.24) is 0 Å². The summed E-state index contributed by atoms with van der Waals surface area (Å²) in [6.45, 7) is 7.22. The van der Waals surface area contributed by atoms with Crippen LogP contribution in [0, 0.1) is 41.4 Å². The molecular formula is C56H56N2. The van der Waals surface area contributed by atoms with Crippen molar-refractivity contribution < 1.29 is 0 Å². The Labute approximate surface area is 345 Å². The van der Waals surface area contributed by atoms with E-state index < -0.39 is 0 Å². The summed E-state index contributed by atoms with van der Waals surface area (Å²) in [4.78, 5) is 5.19. The molecule has 0 saturated heterocycles. The molecule has 0 radical (unpaired) electrons. The van der Waals surface area contributed by atoms with Crippen molar-refractivity contribution in [2.24, 2.45) is 52.2 Å². The van der Waals surface area contributed by atoms with Crippen molar-refractivity contribution >= 4 is 35.7 Å². The summed E-state index contributed by atoms with van der Waals surface area (Å²) in [6.07, 6.45) is 37.0. The largest absolute Gasteiger partial charge is 0.398 e. The zero-order valence-corrected chi connectivity index (χ0v) is 34.4. The summed E-state index contributed by atoms with van der Waals surface area (Å²) < 4.78 is 0. The molecule has 7 aliphatic carbocycles. The molecule has 8 aliphatic rings. The molecule has 1 fully saturated rings. The summed E-state index contributed by atoms with van der Waals surface area (Å²) in [6, 6.07) is 25.5. The van der Waals surface area contributed by atoms with E-state index in [2.05, 4.69) is 154 Å². The minimum atomic E-state index is -0.187. The van der Waals surface area contributed by atoms with Crippen LogP contribution in [0.2, 0.25) is 0 Å². The molecule has 1 saturated carbocycles. The van der Waals surface area contributed by atoms with Crippen molar-refractivity contribution in [2.75, 3.05) is 0 Å². The maximum absolute atomic E-state index is 7.32. The summed E-state index contributed by atoms with van der Waals surface area (Å²) >= 11 is 0. The van der Waals surface area contributed by atoms with Crippen LogP contribution in [0.25, 0.3) is 29.5 Å². The first-order valence-electron chi connectivity index (χ1n) is 22.3. The summed E-state index contributed by atoms with van der Waals surface area (Å²) in [5.41, 5.74) is 24.0. The highest BCUT2D eigenvalue weighted by Crippen LogP contribution is 2.67. The van der Waals surface area contributed by atoms with Crippen LogP contribution in [0.15, 0.2) is 148 Å². The van der Waals surface area contributed by atoms with Gasteiger partial charge >= 0.3 is 0 Å². The Kier molecular flexibility index (Phi) is 8.65. The molecule has 3 aromatic carbocycles. The van der Waals surface area contributed by atoms with Gasteiger partial charge in [0, 0.05) is 40.6 Å². The molecule has 9 atom stereocenters.